The number of carbonyl (C=O) groups excluding carboxylic acids is 3. The molecule has 1 amide bonds. The molecule has 0 radical (unpaired) electrons. The van der Waals surface area contributed by atoms with Gasteiger partial charge in [0.1, 0.15) is 24.8 Å². The number of hydrogen-bond donors (Lipinski definition) is 1. The Morgan fingerprint density at radius 1 is 0.941 bits per heavy atom. The zero-order valence-corrected chi connectivity index (χ0v) is 20.7. The van der Waals surface area contributed by atoms with Gasteiger partial charge in [-0.2, -0.15) is 0 Å². The zero-order valence-electron chi connectivity index (χ0n) is 20.7. The predicted molar refractivity (Wildman–Crippen MR) is 131 cm³/mol. The van der Waals surface area contributed by atoms with Gasteiger partial charge in [-0.05, 0) is 51.7 Å². The molecule has 0 aliphatic heterocycles. The fourth-order valence-corrected chi connectivity index (χ4v) is 3.40. The summed E-state index contributed by atoms with van der Waals surface area (Å²) in [4.78, 5) is 39.2. The molecule has 2 aromatic carbocycles. The van der Waals surface area contributed by atoms with Crippen LogP contribution in [0.3, 0.4) is 0 Å². The van der Waals surface area contributed by atoms with Crippen LogP contribution < -0.4 is 5.32 Å². The van der Waals surface area contributed by atoms with E-state index in [1.807, 2.05) is 60.7 Å². The summed E-state index contributed by atoms with van der Waals surface area (Å²) in [5, 5.41) is 3.11. The van der Waals surface area contributed by atoms with Crippen LogP contribution in [0.15, 0.2) is 60.7 Å². The molecule has 2 atom stereocenters. The van der Waals surface area contributed by atoms with Gasteiger partial charge in [0, 0.05) is 7.05 Å². The lowest BCUT2D eigenvalue weighted by Gasteiger charge is -2.26. The van der Waals surface area contributed by atoms with Crippen molar-refractivity contribution < 1.29 is 23.9 Å². The first-order valence-electron chi connectivity index (χ1n) is 11.5. The van der Waals surface area contributed by atoms with Crippen molar-refractivity contribution in [1.29, 1.82) is 0 Å². The summed E-state index contributed by atoms with van der Waals surface area (Å²) in [6.07, 6.45) is 1.11. The molecule has 184 valence electrons. The fraction of sp³-hybridized carbons (Fsp3) is 0.444. The normalized spacial score (nSPS) is 13.0. The molecule has 0 aliphatic carbocycles. The van der Waals surface area contributed by atoms with E-state index in [1.54, 1.807) is 27.7 Å². The van der Waals surface area contributed by atoms with Crippen molar-refractivity contribution in [3.05, 3.63) is 71.8 Å². The van der Waals surface area contributed by atoms with Crippen LogP contribution >= 0.6 is 0 Å². The Labute approximate surface area is 202 Å². The Bertz CT molecular complexity index is 925. The molecular formula is C27H36N2O5. The third-order valence-electron chi connectivity index (χ3n) is 5.06. The van der Waals surface area contributed by atoms with Gasteiger partial charge < -0.3 is 14.4 Å². The molecule has 2 aromatic rings. The number of amides is 1. The van der Waals surface area contributed by atoms with Crippen LogP contribution in [0, 0.1) is 0 Å². The molecule has 0 unspecified atom stereocenters. The smallest absolute Gasteiger partial charge is 0.326 e. The van der Waals surface area contributed by atoms with Crippen LogP contribution in [0.4, 0.5) is 0 Å². The monoisotopic (exact) mass is 468 g/mol. The van der Waals surface area contributed by atoms with Crippen LogP contribution in [0.1, 0.15) is 45.2 Å². The van der Waals surface area contributed by atoms with Crippen molar-refractivity contribution in [2.75, 3.05) is 13.6 Å². The molecule has 0 aliphatic rings. The first-order chi connectivity index (χ1) is 16.0. The van der Waals surface area contributed by atoms with Gasteiger partial charge in [-0.15, -0.1) is 0 Å². The third kappa shape index (κ3) is 9.75. The van der Waals surface area contributed by atoms with E-state index in [1.165, 1.54) is 11.9 Å². The maximum Gasteiger partial charge on any atom is 0.326 e. The van der Waals surface area contributed by atoms with Crippen molar-refractivity contribution in [2.45, 2.75) is 64.8 Å². The summed E-state index contributed by atoms with van der Waals surface area (Å²) in [5.41, 5.74) is 1.35. The third-order valence-corrected chi connectivity index (χ3v) is 5.06. The molecular weight excluding hydrogens is 432 g/mol. The minimum absolute atomic E-state index is 0.157. The number of carbonyl (C=O) groups is 3. The second-order valence-corrected chi connectivity index (χ2v) is 9.34. The van der Waals surface area contributed by atoms with Crippen LogP contribution in [-0.2, 0) is 36.9 Å². The number of hydrogen-bond acceptors (Lipinski definition) is 6. The second kappa shape index (κ2) is 12.9. The average molecular weight is 469 g/mol. The first-order valence-corrected chi connectivity index (χ1v) is 11.5. The summed E-state index contributed by atoms with van der Waals surface area (Å²) in [6.45, 7) is 6.98. The Balaban J connectivity index is 2.00. The zero-order chi connectivity index (χ0) is 25.1. The molecule has 0 saturated heterocycles. The lowest BCUT2D eigenvalue weighted by Crippen LogP contribution is -2.51. The summed E-state index contributed by atoms with van der Waals surface area (Å²) < 4.78 is 10.8. The summed E-state index contributed by atoms with van der Waals surface area (Å²) >= 11 is 0. The molecule has 1 N–H and O–H groups in total. The maximum atomic E-state index is 12.9. The average Bonchev–Trinajstić information content (AvgIpc) is 2.79. The van der Waals surface area contributed by atoms with Crippen LogP contribution in [0.25, 0.3) is 0 Å². The Morgan fingerprint density at radius 3 is 2.06 bits per heavy atom. The molecule has 7 heteroatoms. The van der Waals surface area contributed by atoms with Crippen LogP contribution in [-0.4, -0.2) is 54.0 Å². The minimum atomic E-state index is -0.697. The van der Waals surface area contributed by atoms with Crippen LogP contribution in [0.2, 0.25) is 0 Å². The number of nitrogens with one attached hydrogen (secondary N) is 1. The van der Waals surface area contributed by atoms with Gasteiger partial charge >= 0.3 is 11.9 Å². The maximum absolute atomic E-state index is 12.9. The number of esters is 2. The summed E-state index contributed by atoms with van der Waals surface area (Å²) in [6, 6.07) is 17.9. The van der Waals surface area contributed by atoms with Crippen molar-refractivity contribution in [3.63, 3.8) is 0 Å². The number of ether oxygens (including phenoxy) is 2. The van der Waals surface area contributed by atoms with Gasteiger partial charge in [0.25, 0.3) is 0 Å². The molecule has 0 fully saturated rings. The Kier molecular flexibility index (Phi) is 10.3. The molecule has 7 nitrogen and oxygen atoms in total. The molecule has 0 heterocycles. The highest BCUT2D eigenvalue weighted by Gasteiger charge is 2.28. The quantitative estimate of drug-likeness (QED) is 0.508. The van der Waals surface area contributed by atoms with Crippen molar-refractivity contribution in [3.8, 4) is 0 Å². The molecule has 34 heavy (non-hydrogen) atoms. The van der Waals surface area contributed by atoms with Gasteiger partial charge in [-0.3, -0.25) is 19.7 Å². The number of benzene rings is 2. The molecule has 0 saturated carbocycles. The standard InChI is InChI=1S/C27H36N2O5/c1-20(25(31)29(5)18-24(30)34-27(2,3)4)28-23(17-16-21-12-8-6-9-13-21)26(32)33-19-22-14-10-7-11-15-22/h6-15,20,23,28H,16-19H2,1-5H3/t20-,23-/m0/s1. The van der Waals surface area contributed by atoms with Crippen molar-refractivity contribution in [1.82, 2.24) is 10.2 Å². The number of aryl methyl sites for hydroxylation is 1. The van der Waals surface area contributed by atoms with E-state index in [0.29, 0.717) is 12.8 Å². The van der Waals surface area contributed by atoms with Gasteiger partial charge in [-0.25, -0.2) is 0 Å². The second-order valence-electron chi connectivity index (χ2n) is 9.34. The molecule has 0 bridgehead atoms. The van der Waals surface area contributed by atoms with Crippen LogP contribution in [0.5, 0.6) is 0 Å². The number of nitrogens with zero attached hydrogens (tertiary/aromatic N) is 1. The minimum Gasteiger partial charge on any atom is -0.460 e. The first kappa shape index (κ1) is 27.1. The highest BCUT2D eigenvalue weighted by Crippen LogP contribution is 2.11. The summed E-state index contributed by atoms with van der Waals surface area (Å²) in [7, 11) is 1.54. The van der Waals surface area contributed by atoms with E-state index in [9.17, 15) is 14.4 Å². The van der Waals surface area contributed by atoms with E-state index in [0.717, 1.165) is 11.1 Å². The Morgan fingerprint density at radius 2 is 1.50 bits per heavy atom. The van der Waals surface area contributed by atoms with Gasteiger partial charge in [-0.1, -0.05) is 60.7 Å². The highest BCUT2D eigenvalue weighted by molar-refractivity contribution is 5.86. The lowest BCUT2D eigenvalue weighted by molar-refractivity contribution is -0.158. The predicted octanol–water partition coefficient (Wildman–Crippen LogP) is 3.51. The molecule has 0 spiro atoms. The SMILES string of the molecule is C[C@H](N[C@@H](CCc1ccccc1)C(=O)OCc1ccccc1)C(=O)N(C)CC(=O)OC(C)(C)C. The van der Waals surface area contributed by atoms with Gasteiger partial charge in [0.15, 0.2) is 0 Å². The van der Waals surface area contributed by atoms with Gasteiger partial charge in [0.05, 0.1) is 6.04 Å². The van der Waals surface area contributed by atoms with Crippen molar-refractivity contribution >= 4 is 17.8 Å². The summed E-state index contributed by atoms with van der Waals surface area (Å²) in [5.74, 6) is -1.22. The molecule has 2 rings (SSSR count). The Hall–Kier alpha value is -3.19. The topological polar surface area (TPSA) is 84.9 Å². The number of rotatable bonds is 11. The number of likely N-dealkylation sites (N-methyl/N-ethyl adjacent to an activating group) is 1. The van der Waals surface area contributed by atoms with Gasteiger partial charge in [0.2, 0.25) is 5.91 Å². The fourth-order valence-electron chi connectivity index (χ4n) is 3.40. The lowest BCUT2D eigenvalue weighted by atomic mass is 10.0. The van der Waals surface area contributed by atoms with E-state index in [4.69, 9.17) is 9.47 Å². The highest BCUT2D eigenvalue weighted by atomic mass is 16.6. The molecule has 0 aromatic heterocycles. The van der Waals surface area contributed by atoms with Crippen molar-refractivity contribution in [2.24, 2.45) is 0 Å². The van der Waals surface area contributed by atoms with E-state index in [-0.39, 0.29) is 19.1 Å². The van der Waals surface area contributed by atoms with E-state index in [2.05, 4.69) is 5.32 Å². The van der Waals surface area contributed by atoms with E-state index >= 15 is 0 Å². The largest absolute Gasteiger partial charge is 0.460 e. The van der Waals surface area contributed by atoms with E-state index < -0.39 is 29.6 Å².